The molecule has 1 aromatic carbocycles. The van der Waals surface area contributed by atoms with Crippen molar-refractivity contribution in [3.63, 3.8) is 0 Å². The van der Waals surface area contributed by atoms with Crippen LogP contribution < -0.4 is 5.32 Å². The van der Waals surface area contributed by atoms with Crippen LogP contribution in [0.3, 0.4) is 0 Å². The Hall–Kier alpha value is -2.73. The van der Waals surface area contributed by atoms with Crippen LogP contribution in [0.1, 0.15) is 40.2 Å². The molecule has 1 aliphatic rings. The number of nitrogens with one attached hydrogen (secondary N) is 2. The number of aromatic amines is 1. The summed E-state index contributed by atoms with van der Waals surface area (Å²) in [6.07, 6.45) is 6.16. The average molecular weight is 377 g/mol. The molecule has 1 amide bonds. The molecule has 0 spiro atoms. The lowest BCUT2D eigenvalue weighted by Gasteiger charge is -2.32. The van der Waals surface area contributed by atoms with Gasteiger partial charge in [0, 0.05) is 44.5 Å². The second kappa shape index (κ2) is 8.10. The van der Waals surface area contributed by atoms with Gasteiger partial charge in [0.05, 0.1) is 16.6 Å². The second-order valence-electron chi connectivity index (χ2n) is 7.60. The van der Waals surface area contributed by atoms with Crippen LogP contribution in [0.25, 0.3) is 11.0 Å². The Balaban J connectivity index is 1.26. The number of carbonyl (C=O) groups is 1. The van der Waals surface area contributed by atoms with Gasteiger partial charge in [-0.25, -0.2) is 4.98 Å². The number of benzene rings is 1. The summed E-state index contributed by atoms with van der Waals surface area (Å²) in [4.78, 5) is 26.7. The maximum Gasteiger partial charge on any atom is 0.255 e. The Bertz CT molecular complexity index is 958. The first-order chi connectivity index (χ1) is 13.6. The summed E-state index contributed by atoms with van der Waals surface area (Å²) in [6, 6.07) is 8.33. The smallest absolute Gasteiger partial charge is 0.255 e. The Morgan fingerprint density at radius 3 is 2.82 bits per heavy atom. The molecule has 4 rings (SSSR count). The minimum absolute atomic E-state index is 0.0829. The summed E-state index contributed by atoms with van der Waals surface area (Å²) in [5.74, 6) is 1.11. The van der Waals surface area contributed by atoms with Crippen molar-refractivity contribution in [3.05, 3.63) is 59.2 Å². The summed E-state index contributed by atoms with van der Waals surface area (Å²) in [5, 5.41) is 3.63. The van der Waals surface area contributed by atoms with Gasteiger partial charge in [-0.1, -0.05) is 6.07 Å². The molecule has 6 heteroatoms. The number of imidazole rings is 1. The Morgan fingerprint density at radius 2 is 2.07 bits per heavy atom. The topological polar surface area (TPSA) is 73.9 Å². The molecule has 0 atom stereocenters. The Kier molecular flexibility index (Phi) is 5.39. The van der Waals surface area contributed by atoms with Gasteiger partial charge in [-0.2, -0.15) is 0 Å². The third-order valence-corrected chi connectivity index (χ3v) is 5.71. The lowest BCUT2D eigenvalue weighted by Crippen LogP contribution is -2.45. The van der Waals surface area contributed by atoms with Crippen molar-refractivity contribution in [3.8, 4) is 0 Å². The fraction of sp³-hybridized carbons (Fsp3) is 0.409. The van der Waals surface area contributed by atoms with Crippen molar-refractivity contribution in [2.45, 2.75) is 39.2 Å². The minimum Gasteiger partial charge on any atom is -0.342 e. The van der Waals surface area contributed by atoms with E-state index in [1.54, 1.807) is 12.4 Å². The number of likely N-dealkylation sites (tertiary alicyclic amines) is 1. The van der Waals surface area contributed by atoms with Gasteiger partial charge in [0.1, 0.15) is 5.82 Å². The normalized spacial score (nSPS) is 15.3. The highest BCUT2D eigenvalue weighted by Crippen LogP contribution is 2.19. The molecule has 0 bridgehead atoms. The van der Waals surface area contributed by atoms with E-state index in [9.17, 15) is 4.79 Å². The van der Waals surface area contributed by atoms with E-state index >= 15 is 0 Å². The third-order valence-electron chi connectivity index (χ3n) is 5.71. The zero-order chi connectivity index (χ0) is 19.5. The number of rotatable bonds is 5. The Labute approximate surface area is 165 Å². The fourth-order valence-electron chi connectivity index (χ4n) is 3.84. The third kappa shape index (κ3) is 3.92. The summed E-state index contributed by atoms with van der Waals surface area (Å²) in [6.45, 7) is 6.71. The molecule has 0 aliphatic carbocycles. The van der Waals surface area contributed by atoms with Crippen LogP contribution in [0.2, 0.25) is 0 Å². The zero-order valence-electron chi connectivity index (χ0n) is 16.5. The number of pyridine rings is 1. The van der Waals surface area contributed by atoms with Crippen molar-refractivity contribution >= 4 is 16.9 Å². The number of fused-ring (bicyclic) bond motifs is 1. The van der Waals surface area contributed by atoms with Gasteiger partial charge in [0.15, 0.2) is 0 Å². The molecule has 1 aliphatic heterocycles. The molecular formula is C22H27N5O. The molecule has 6 nitrogen and oxygen atoms in total. The van der Waals surface area contributed by atoms with Gasteiger partial charge in [-0.15, -0.1) is 0 Å². The van der Waals surface area contributed by atoms with Crippen LogP contribution >= 0.6 is 0 Å². The molecule has 3 heterocycles. The monoisotopic (exact) mass is 377 g/mol. The highest BCUT2D eigenvalue weighted by Gasteiger charge is 2.23. The number of aromatic nitrogens is 3. The Morgan fingerprint density at radius 1 is 1.25 bits per heavy atom. The molecule has 0 saturated carbocycles. The van der Waals surface area contributed by atoms with Crippen molar-refractivity contribution < 1.29 is 4.79 Å². The molecule has 3 aromatic rings. The summed E-state index contributed by atoms with van der Waals surface area (Å²) in [7, 11) is 0. The first-order valence-corrected chi connectivity index (χ1v) is 9.99. The van der Waals surface area contributed by atoms with Gasteiger partial charge in [-0.05, 0) is 56.0 Å². The van der Waals surface area contributed by atoms with Gasteiger partial charge in [0.2, 0.25) is 0 Å². The lowest BCUT2D eigenvalue weighted by molar-refractivity contribution is 0.0705. The van der Waals surface area contributed by atoms with Crippen LogP contribution in [-0.2, 0) is 6.42 Å². The number of piperidine rings is 1. The van der Waals surface area contributed by atoms with Crippen LogP contribution in [0, 0.1) is 13.8 Å². The van der Waals surface area contributed by atoms with Crippen molar-refractivity contribution in [1.29, 1.82) is 0 Å². The zero-order valence-corrected chi connectivity index (χ0v) is 16.5. The van der Waals surface area contributed by atoms with E-state index in [1.165, 1.54) is 11.1 Å². The first kappa shape index (κ1) is 18.6. The van der Waals surface area contributed by atoms with E-state index in [2.05, 4.69) is 41.3 Å². The molecular weight excluding hydrogens is 350 g/mol. The van der Waals surface area contributed by atoms with Crippen molar-refractivity contribution in [2.24, 2.45) is 0 Å². The summed E-state index contributed by atoms with van der Waals surface area (Å²) < 4.78 is 0. The van der Waals surface area contributed by atoms with E-state index in [4.69, 9.17) is 4.98 Å². The number of carbonyl (C=O) groups excluding carboxylic acids is 1. The molecule has 28 heavy (non-hydrogen) atoms. The summed E-state index contributed by atoms with van der Waals surface area (Å²) in [5.41, 5.74) is 5.39. The number of amides is 1. The molecule has 0 radical (unpaired) electrons. The van der Waals surface area contributed by atoms with Crippen molar-refractivity contribution in [2.75, 3.05) is 19.6 Å². The van der Waals surface area contributed by atoms with Crippen molar-refractivity contribution in [1.82, 2.24) is 25.2 Å². The predicted octanol–water partition coefficient (Wildman–Crippen LogP) is 3.01. The first-order valence-electron chi connectivity index (χ1n) is 9.99. The number of hydrogen-bond donors (Lipinski definition) is 2. The lowest BCUT2D eigenvalue weighted by atomic mass is 10.0. The molecule has 146 valence electrons. The van der Waals surface area contributed by atoms with Gasteiger partial charge in [0.25, 0.3) is 5.91 Å². The van der Waals surface area contributed by atoms with E-state index in [1.807, 2.05) is 17.0 Å². The molecule has 1 fully saturated rings. The largest absolute Gasteiger partial charge is 0.342 e. The minimum atomic E-state index is 0.0829. The average Bonchev–Trinajstić information content (AvgIpc) is 3.15. The number of aryl methyl sites for hydroxylation is 2. The molecule has 0 unspecified atom stereocenters. The van der Waals surface area contributed by atoms with Gasteiger partial charge in [-0.3, -0.25) is 9.78 Å². The fourth-order valence-corrected chi connectivity index (χ4v) is 3.84. The van der Waals surface area contributed by atoms with E-state index in [-0.39, 0.29) is 5.91 Å². The second-order valence-corrected chi connectivity index (χ2v) is 7.60. The van der Waals surface area contributed by atoms with E-state index < -0.39 is 0 Å². The quantitative estimate of drug-likeness (QED) is 0.717. The summed E-state index contributed by atoms with van der Waals surface area (Å²) >= 11 is 0. The maximum absolute atomic E-state index is 12.5. The van der Waals surface area contributed by atoms with Crippen LogP contribution in [0.5, 0.6) is 0 Å². The maximum atomic E-state index is 12.5. The van der Waals surface area contributed by atoms with Crippen LogP contribution in [0.4, 0.5) is 0 Å². The standard InChI is InChI=1S/C22H27N5O/c1-15-5-6-19-21(16(15)2)26-20(25-19)7-11-24-18-8-12-27(13-9-18)22(28)17-4-3-10-23-14-17/h3-6,10,14,18,24H,7-9,11-13H2,1-2H3,(H,25,26). The highest BCUT2D eigenvalue weighted by molar-refractivity contribution is 5.93. The molecule has 2 aromatic heterocycles. The van der Waals surface area contributed by atoms with Crippen LogP contribution in [0.15, 0.2) is 36.7 Å². The molecule has 2 N–H and O–H groups in total. The predicted molar refractivity (Wildman–Crippen MR) is 110 cm³/mol. The molecule has 1 saturated heterocycles. The number of hydrogen-bond acceptors (Lipinski definition) is 4. The van der Waals surface area contributed by atoms with Gasteiger partial charge >= 0.3 is 0 Å². The van der Waals surface area contributed by atoms with Crippen LogP contribution in [-0.4, -0.2) is 51.4 Å². The van der Waals surface area contributed by atoms with E-state index in [0.29, 0.717) is 11.6 Å². The van der Waals surface area contributed by atoms with E-state index in [0.717, 1.165) is 55.8 Å². The number of H-pyrrole nitrogens is 1. The number of nitrogens with zero attached hydrogens (tertiary/aromatic N) is 3. The highest BCUT2D eigenvalue weighted by atomic mass is 16.2. The van der Waals surface area contributed by atoms with Gasteiger partial charge < -0.3 is 15.2 Å². The SMILES string of the molecule is Cc1ccc2[nH]c(CCNC3CCN(C(=O)c4cccnc4)CC3)nc2c1C.